The number of ether oxygens (including phenoxy) is 2. The summed E-state index contributed by atoms with van der Waals surface area (Å²) in [5.41, 5.74) is 0. The summed E-state index contributed by atoms with van der Waals surface area (Å²) in [6, 6.07) is -0.615. The lowest BCUT2D eigenvalue weighted by atomic mass is 9.84. The van der Waals surface area contributed by atoms with E-state index >= 15 is 0 Å². The first kappa shape index (κ1) is 16.7. The number of aliphatic carboxylic acids is 1. The molecule has 5 atom stereocenters. The maximum absolute atomic E-state index is 12.8. The van der Waals surface area contributed by atoms with Gasteiger partial charge >= 0.3 is 5.97 Å². The summed E-state index contributed by atoms with van der Waals surface area (Å²) in [5.74, 6) is -0.733. The third-order valence-electron chi connectivity index (χ3n) is 5.53. The Bertz CT molecular complexity index is 448. The van der Waals surface area contributed by atoms with E-state index in [-0.39, 0.29) is 18.1 Å². The summed E-state index contributed by atoms with van der Waals surface area (Å²) in [6.07, 6.45) is 6.21. The van der Waals surface area contributed by atoms with Crippen LogP contribution in [0.25, 0.3) is 0 Å². The first-order valence-corrected chi connectivity index (χ1v) is 8.86. The first-order chi connectivity index (χ1) is 11.1. The summed E-state index contributed by atoms with van der Waals surface area (Å²) in [4.78, 5) is 26.0. The fourth-order valence-corrected chi connectivity index (χ4v) is 4.31. The zero-order chi connectivity index (χ0) is 16.4. The van der Waals surface area contributed by atoms with Crippen LogP contribution in [0.3, 0.4) is 0 Å². The van der Waals surface area contributed by atoms with Crippen molar-refractivity contribution in [2.45, 2.75) is 76.2 Å². The topological polar surface area (TPSA) is 76.1 Å². The van der Waals surface area contributed by atoms with Gasteiger partial charge in [-0.15, -0.1) is 0 Å². The van der Waals surface area contributed by atoms with Crippen LogP contribution in [-0.2, 0) is 19.1 Å². The minimum absolute atomic E-state index is 0.0709. The molecule has 2 saturated heterocycles. The molecule has 6 heteroatoms. The number of fused-ring (bicyclic) bond motifs is 1. The SMILES string of the molecule is C[C@H](OC[C@@H]1CCCO1)C(=O)N1[C@@H]2CCCC[C@@H]2C[C@H]1C(=O)O. The Morgan fingerprint density at radius 2 is 2.04 bits per heavy atom. The second-order valence-electron chi connectivity index (χ2n) is 7.06. The van der Waals surface area contributed by atoms with Gasteiger partial charge in [-0.2, -0.15) is 0 Å². The molecule has 3 fully saturated rings. The van der Waals surface area contributed by atoms with Crippen molar-refractivity contribution in [2.24, 2.45) is 5.92 Å². The highest BCUT2D eigenvalue weighted by molar-refractivity contribution is 5.87. The van der Waals surface area contributed by atoms with Gasteiger partial charge in [0.25, 0.3) is 5.91 Å². The van der Waals surface area contributed by atoms with Gasteiger partial charge in [-0.25, -0.2) is 4.79 Å². The molecule has 1 aliphatic carbocycles. The van der Waals surface area contributed by atoms with E-state index in [1.165, 1.54) is 0 Å². The quantitative estimate of drug-likeness (QED) is 0.834. The van der Waals surface area contributed by atoms with Gasteiger partial charge in [0, 0.05) is 12.6 Å². The molecule has 0 radical (unpaired) electrons. The molecule has 0 bridgehead atoms. The lowest BCUT2D eigenvalue weighted by molar-refractivity contribution is -0.156. The number of nitrogens with zero attached hydrogens (tertiary/aromatic N) is 1. The van der Waals surface area contributed by atoms with Crippen LogP contribution in [0, 0.1) is 5.92 Å². The van der Waals surface area contributed by atoms with Crippen LogP contribution in [-0.4, -0.2) is 59.4 Å². The molecule has 0 aromatic carbocycles. The van der Waals surface area contributed by atoms with Gasteiger partial charge in [0.05, 0.1) is 12.7 Å². The summed E-state index contributed by atoms with van der Waals surface area (Å²) in [5, 5.41) is 9.51. The van der Waals surface area contributed by atoms with E-state index in [2.05, 4.69) is 0 Å². The summed E-state index contributed by atoms with van der Waals surface area (Å²) in [6.45, 7) is 2.90. The van der Waals surface area contributed by atoms with E-state index in [1.54, 1.807) is 11.8 Å². The van der Waals surface area contributed by atoms with E-state index in [0.717, 1.165) is 45.1 Å². The monoisotopic (exact) mass is 325 g/mol. The van der Waals surface area contributed by atoms with Crippen molar-refractivity contribution in [3.05, 3.63) is 0 Å². The third kappa shape index (κ3) is 3.53. The number of carbonyl (C=O) groups excluding carboxylic acids is 1. The summed E-state index contributed by atoms with van der Waals surface area (Å²) < 4.78 is 11.2. The van der Waals surface area contributed by atoms with Crippen molar-refractivity contribution in [3.63, 3.8) is 0 Å². The smallest absolute Gasteiger partial charge is 0.326 e. The molecule has 6 nitrogen and oxygen atoms in total. The molecule has 1 N–H and O–H groups in total. The van der Waals surface area contributed by atoms with Gasteiger partial charge in [0.1, 0.15) is 12.1 Å². The lowest BCUT2D eigenvalue weighted by Crippen LogP contribution is -2.50. The van der Waals surface area contributed by atoms with Crippen LogP contribution in [0.5, 0.6) is 0 Å². The van der Waals surface area contributed by atoms with Crippen molar-refractivity contribution in [3.8, 4) is 0 Å². The number of hydrogen-bond donors (Lipinski definition) is 1. The van der Waals surface area contributed by atoms with Crippen molar-refractivity contribution in [2.75, 3.05) is 13.2 Å². The molecule has 1 saturated carbocycles. The van der Waals surface area contributed by atoms with Gasteiger partial charge < -0.3 is 19.5 Å². The molecule has 2 aliphatic heterocycles. The molecule has 0 spiro atoms. The molecule has 0 aromatic rings. The average molecular weight is 325 g/mol. The fourth-order valence-electron chi connectivity index (χ4n) is 4.31. The van der Waals surface area contributed by atoms with Crippen molar-refractivity contribution in [1.29, 1.82) is 0 Å². The minimum atomic E-state index is -0.890. The predicted octanol–water partition coefficient (Wildman–Crippen LogP) is 1.81. The van der Waals surface area contributed by atoms with Crippen molar-refractivity contribution < 1.29 is 24.2 Å². The predicted molar refractivity (Wildman–Crippen MR) is 83.0 cm³/mol. The molecule has 2 heterocycles. The van der Waals surface area contributed by atoms with Crippen LogP contribution in [0.15, 0.2) is 0 Å². The Morgan fingerprint density at radius 3 is 2.74 bits per heavy atom. The Morgan fingerprint density at radius 1 is 1.26 bits per heavy atom. The number of carboxylic acid groups (broad SMARTS) is 1. The highest BCUT2D eigenvalue weighted by Crippen LogP contribution is 2.40. The number of carboxylic acids is 1. The maximum atomic E-state index is 12.8. The maximum Gasteiger partial charge on any atom is 0.326 e. The van der Waals surface area contributed by atoms with Crippen LogP contribution in [0.2, 0.25) is 0 Å². The number of hydrogen-bond acceptors (Lipinski definition) is 4. The van der Waals surface area contributed by atoms with E-state index in [9.17, 15) is 14.7 Å². The van der Waals surface area contributed by atoms with Crippen molar-refractivity contribution in [1.82, 2.24) is 4.90 Å². The van der Waals surface area contributed by atoms with Crippen LogP contribution < -0.4 is 0 Å². The number of carbonyl (C=O) groups is 2. The van der Waals surface area contributed by atoms with Crippen molar-refractivity contribution >= 4 is 11.9 Å². The third-order valence-corrected chi connectivity index (χ3v) is 5.53. The lowest BCUT2D eigenvalue weighted by Gasteiger charge is -2.34. The largest absolute Gasteiger partial charge is 0.480 e. The minimum Gasteiger partial charge on any atom is -0.480 e. The van der Waals surface area contributed by atoms with Gasteiger partial charge in [0.2, 0.25) is 0 Å². The molecular formula is C17H27NO5. The Balaban J connectivity index is 1.63. The van der Waals surface area contributed by atoms with Gasteiger partial charge in [-0.05, 0) is 44.9 Å². The summed E-state index contributed by atoms with van der Waals surface area (Å²) >= 11 is 0. The Kier molecular flexibility index (Phi) is 5.21. The fraction of sp³-hybridized carbons (Fsp3) is 0.882. The zero-order valence-electron chi connectivity index (χ0n) is 13.8. The second kappa shape index (κ2) is 7.18. The second-order valence-corrected chi connectivity index (χ2v) is 7.06. The molecule has 3 aliphatic rings. The average Bonchev–Trinajstić information content (AvgIpc) is 3.19. The van der Waals surface area contributed by atoms with Gasteiger partial charge in [-0.3, -0.25) is 4.79 Å². The van der Waals surface area contributed by atoms with E-state index < -0.39 is 18.1 Å². The van der Waals surface area contributed by atoms with E-state index in [4.69, 9.17) is 9.47 Å². The highest BCUT2D eigenvalue weighted by Gasteiger charge is 2.48. The standard InChI is InChI=1S/C17H27NO5/c1-11(23-10-13-6-4-8-22-13)16(19)18-14-7-3-2-5-12(14)9-15(18)17(20)21/h11-15H,2-10H2,1H3,(H,20,21)/t11-,12+,13-,14+,15-/m0/s1. The molecule has 130 valence electrons. The first-order valence-electron chi connectivity index (χ1n) is 8.86. The molecule has 0 unspecified atom stereocenters. The van der Waals surface area contributed by atoms with Gasteiger partial charge in [-0.1, -0.05) is 12.8 Å². The Labute approximate surface area is 137 Å². The normalized spacial score (nSPS) is 35.1. The number of likely N-dealkylation sites (tertiary alicyclic amines) is 1. The highest BCUT2D eigenvalue weighted by atomic mass is 16.5. The molecule has 23 heavy (non-hydrogen) atoms. The molecule has 0 aromatic heterocycles. The zero-order valence-corrected chi connectivity index (χ0v) is 13.8. The van der Waals surface area contributed by atoms with Gasteiger partial charge in [0.15, 0.2) is 0 Å². The van der Waals surface area contributed by atoms with Crippen LogP contribution in [0.4, 0.5) is 0 Å². The van der Waals surface area contributed by atoms with E-state index in [0.29, 0.717) is 18.9 Å². The molecule has 3 rings (SSSR count). The van der Waals surface area contributed by atoms with Crippen LogP contribution in [0.1, 0.15) is 51.9 Å². The number of rotatable bonds is 5. The van der Waals surface area contributed by atoms with Crippen LogP contribution >= 0.6 is 0 Å². The van der Waals surface area contributed by atoms with E-state index in [1.807, 2.05) is 0 Å². The Hall–Kier alpha value is -1.14. The summed E-state index contributed by atoms with van der Waals surface area (Å²) in [7, 11) is 0. The number of amides is 1. The molecular weight excluding hydrogens is 298 g/mol. The molecule has 1 amide bonds.